The molecule has 0 bridgehead atoms. The SMILES string of the molecule is Cc1nc(/C=C/C(=O)Nc2ccc(Br)cc2)cs1. The molecule has 1 aromatic carbocycles. The van der Waals surface area contributed by atoms with Crippen LogP contribution in [0, 0.1) is 6.92 Å². The number of aromatic nitrogens is 1. The van der Waals surface area contributed by atoms with Gasteiger partial charge in [-0.3, -0.25) is 4.79 Å². The van der Waals surface area contributed by atoms with E-state index in [0.717, 1.165) is 20.9 Å². The van der Waals surface area contributed by atoms with E-state index in [1.807, 2.05) is 36.6 Å². The first-order valence-corrected chi connectivity index (χ1v) is 6.97. The molecule has 18 heavy (non-hydrogen) atoms. The average Bonchev–Trinajstić information content (AvgIpc) is 2.76. The lowest BCUT2D eigenvalue weighted by Gasteiger charge is -2.01. The van der Waals surface area contributed by atoms with Crippen molar-refractivity contribution in [3.8, 4) is 0 Å². The summed E-state index contributed by atoms with van der Waals surface area (Å²) >= 11 is 4.90. The molecule has 2 aromatic rings. The fourth-order valence-corrected chi connectivity index (χ4v) is 2.18. The molecule has 0 aliphatic carbocycles. The Morgan fingerprint density at radius 2 is 2.11 bits per heavy atom. The minimum Gasteiger partial charge on any atom is -0.323 e. The Bertz CT molecular complexity index is 575. The number of nitrogens with zero attached hydrogens (tertiary/aromatic N) is 1. The second-order valence-electron chi connectivity index (χ2n) is 3.62. The molecule has 3 nitrogen and oxygen atoms in total. The number of benzene rings is 1. The van der Waals surface area contributed by atoms with Crippen LogP contribution in [0.4, 0.5) is 5.69 Å². The highest BCUT2D eigenvalue weighted by Crippen LogP contribution is 2.14. The maximum Gasteiger partial charge on any atom is 0.248 e. The number of carbonyl (C=O) groups is 1. The van der Waals surface area contributed by atoms with Crippen molar-refractivity contribution in [2.45, 2.75) is 6.92 Å². The normalized spacial score (nSPS) is 10.8. The maximum atomic E-state index is 11.6. The molecule has 0 radical (unpaired) electrons. The minimum absolute atomic E-state index is 0.164. The molecule has 1 aromatic heterocycles. The van der Waals surface area contributed by atoms with Crippen LogP contribution in [0.15, 0.2) is 40.2 Å². The molecule has 2 rings (SSSR count). The summed E-state index contributed by atoms with van der Waals surface area (Å²) in [6.45, 7) is 1.93. The van der Waals surface area contributed by atoms with Crippen LogP contribution in [0.5, 0.6) is 0 Å². The standard InChI is InChI=1S/C13H11BrN2OS/c1-9-15-12(8-18-9)6-7-13(17)16-11-4-2-10(14)3-5-11/h2-8H,1H3,(H,16,17)/b7-6+. The lowest BCUT2D eigenvalue weighted by Crippen LogP contribution is -2.07. The zero-order valence-electron chi connectivity index (χ0n) is 9.68. The number of carbonyl (C=O) groups excluding carboxylic acids is 1. The van der Waals surface area contributed by atoms with E-state index in [2.05, 4.69) is 26.2 Å². The number of anilines is 1. The molecule has 0 fully saturated rings. The first kappa shape index (κ1) is 13.0. The van der Waals surface area contributed by atoms with E-state index in [4.69, 9.17) is 0 Å². The van der Waals surface area contributed by atoms with Crippen molar-refractivity contribution in [2.24, 2.45) is 0 Å². The van der Waals surface area contributed by atoms with Crippen molar-refractivity contribution < 1.29 is 4.79 Å². The Morgan fingerprint density at radius 3 is 2.72 bits per heavy atom. The molecule has 0 spiro atoms. The number of halogens is 1. The van der Waals surface area contributed by atoms with Gasteiger partial charge in [0.1, 0.15) is 0 Å². The molecule has 1 N–H and O–H groups in total. The van der Waals surface area contributed by atoms with Gasteiger partial charge in [0, 0.05) is 21.6 Å². The smallest absolute Gasteiger partial charge is 0.248 e. The van der Waals surface area contributed by atoms with Crippen LogP contribution in [0.25, 0.3) is 6.08 Å². The third kappa shape index (κ3) is 3.78. The largest absolute Gasteiger partial charge is 0.323 e. The molecule has 1 amide bonds. The van der Waals surface area contributed by atoms with Crippen LogP contribution in [-0.4, -0.2) is 10.9 Å². The van der Waals surface area contributed by atoms with Crippen LogP contribution in [0.3, 0.4) is 0 Å². The second kappa shape index (κ2) is 5.93. The number of thiazole rings is 1. The minimum atomic E-state index is -0.164. The summed E-state index contributed by atoms with van der Waals surface area (Å²) in [5.41, 5.74) is 1.57. The van der Waals surface area contributed by atoms with Gasteiger partial charge in [-0.05, 0) is 37.3 Å². The van der Waals surface area contributed by atoms with E-state index >= 15 is 0 Å². The Morgan fingerprint density at radius 1 is 1.39 bits per heavy atom. The van der Waals surface area contributed by atoms with Gasteiger partial charge >= 0.3 is 0 Å². The van der Waals surface area contributed by atoms with E-state index in [-0.39, 0.29) is 5.91 Å². The lowest BCUT2D eigenvalue weighted by atomic mass is 10.3. The van der Waals surface area contributed by atoms with Crippen LogP contribution < -0.4 is 5.32 Å². The molecule has 0 aliphatic rings. The Balaban J connectivity index is 1.96. The predicted molar refractivity (Wildman–Crippen MR) is 78.7 cm³/mol. The van der Waals surface area contributed by atoms with Gasteiger partial charge in [-0.25, -0.2) is 4.98 Å². The molecule has 0 saturated heterocycles. The number of hydrogen-bond donors (Lipinski definition) is 1. The van der Waals surface area contributed by atoms with Crippen molar-refractivity contribution in [3.63, 3.8) is 0 Å². The summed E-state index contributed by atoms with van der Waals surface area (Å²) in [6, 6.07) is 7.43. The summed E-state index contributed by atoms with van der Waals surface area (Å²) in [7, 11) is 0. The number of nitrogens with one attached hydrogen (secondary N) is 1. The predicted octanol–water partition coefficient (Wildman–Crippen LogP) is 3.87. The van der Waals surface area contributed by atoms with Gasteiger partial charge in [-0.1, -0.05) is 15.9 Å². The topological polar surface area (TPSA) is 42.0 Å². The number of amides is 1. The quantitative estimate of drug-likeness (QED) is 0.872. The zero-order chi connectivity index (χ0) is 13.0. The number of rotatable bonds is 3. The first-order chi connectivity index (χ1) is 8.63. The van der Waals surface area contributed by atoms with Crippen molar-refractivity contribution >= 4 is 44.9 Å². The van der Waals surface area contributed by atoms with Crippen LogP contribution in [-0.2, 0) is 4.79 Å². The zero-order valence-corrected chi connectivity index (χ0v) is 12.1. The van der Waals surface area contributed by atoms with Gasteiger partial charge in [0.25, 0.3) is 0 Å². The summed E-state index contributed by atoms with van der Waals surface area (Å²) < 4.78 is 0.981. The van der Waals surface area contributed by atoms with E-state index in [1.54, 1.807) is 17.4 Å². The maximum absolute atomic E-state index is 11.6. The monoisotopic (exact) mass is 322 g/mol. The van der Waals surface area contributed by atoms with Crippen molar-refractivity contribution in [3.05, 3.63) is 50.9 Å². The van der Waals surface area contributed by atoms with Crippen molar-refractivity contribution in [1.82, 2.24) is 4.98 Å². The van der Waals surface area contributed by atoms with Gasteiger partial charge in [0.05, 0.1) is 10.7 Å². The summed E-state index contributed by atoms with van der Waals surface area (Å²) in [5.74, 6) is -0.164. The van der Waals surface area contributed by atoms with Crippen molar-refractivity contribution in [2.75, 3.05) is 5.32 Å². The van der Waals surface area contributed by atoms with Crippen LogP contribution in [0.1, 0.15) is 10.7 Å². The Hall–Kier alpha value is -1.46. The van der Waals surface area contributed by atoms with E-state index in [1.165, 1.54) is 6.08 Å². The summed E-state index contributed by atoms with van der Waals surface area (Å²) in [6.07, 6.45) is 3.19. The molecule has 0 unspecified atom stereocenters. The number of hydrogen-bond acceptors (Lipinski definition) is 3. The highest BCUT2D eigenvalue weighted by atomic mass is 79.9. The Kier molecular flexibility index (Phi) is 4.28. The second-order valence-corrected chi connectivity index (χ2v) is 5.60. The molecule has 1 heterocycles. The van der Waals surface area contributed by atoms with Crippen molar-refractivity contribution in [1.29, 1.82) is 0 Å². The van der Waals surface area contributed by atoms with Gasteiger partial charge < -0.3 is 5.32 Å². The van der Waals surface area contributed by atoms with E-state index in [9.17, 15) is 4.79 Å². The molecular weight excluding hydrogens is 312 g/mol. The first-order valence-electron chi connectivity index (χ1n) is 5.30. The molecular formula is C13H11BrN2OS. The molecule has 0 aliphatic heterocycles. The van der Waals surface area contributed by atoms with E-state index < -0.39 is 0 Å². The highest BCUT2D eigenvalue weighted by molar-refractivity contribution is 9.10. The molecule has 0 saturated carbocycles. The third-order valence-corrected chi connectivity index (χ3v) is 3.47. The lowest BCUT2D eigenvalue weighted by molar-refractivity contribution is -0.111. The average molecular weight is 323 g/mol. The molecule has 5 heteroatoms. The number of aryl methyl sites for hydroxylation is 1. The van der Waals surface area contributed by atoms with Gasteiger partial charge in [-0.15, -0.1) is 11.3 Å². The van der Waals surface area contributed by atoms with Crippen LogP contribution in [0.2, 0.25) is 0 Å². The summed E-state index contributed by atoms with van der Waals surface area (Å²) in [4.78, 5) is 15.9. The van der Waals surface area contributed by atoms with Gasteiger partial charge in [0.2, 0.25) is 5.91 Å². The highest BCUT2D eigenvalue weighted by Gasteiger charge is 1.98. The summed E-state index contributed by atoms with van der Waals surface area (Å²) in [5, 5.41) is 5.68. The van der Waals surface area contributed by atoms with Gasteiger partial charge in [-0.2, -0.15) is 0 Å². The van der Waals surface area contributed by atoms with Crippen LogP contribution >= 0.6 is 27.3 Å². The fraction of sp³-hybridized carbons (Fsp3) is 0.0769. The molecule has 92 valence electrons. The van der Waals surface area contributed by atoms with E-state index in [0.29, 0.717) is 0 Å². The third-order valence-electron chi connectivity index (χ3n) is 2.15. The Labute approximate surface area is 118 Å². The van der Waals surface area contributed by atoms with Gasteiger partial charge in [0.15, 0.2) is 0 Å². The fourth-order valence-electron chi connectivity index (χ4n) is 1.33. The molecule has 0 atom stereocenters.